The van der Waals surface area contributed by atoms with Gasteiger partial charge in [0.05, 0.1) is 6.61 Å². The second-order valence-electron chi connectivity index (χ2n) is 5.52. The van der Waals surface area contributed by atoms with E-state index in [2.05, 4.69) is 24.3 Å². The molecule has 0 amide bonds. The molecule has 0 bridgehead atoms. The summed E-state index contributed by atoms with van der Waals surface area (Å²) < 4.78 is 11.0. The Labute approximate surface area is 138 Å². The highest BCUT2D eigenvalue weighted by Gasteiger charge is 2.12. The van der Waals surface area contributed by atoms with Crippen LogP contribution >= 0.6 is 0 Å². The van der Waals surface area contributed by atoms with Gasteiger partial charge in [-0.2, -0.15) is 0 Å². The first-order chi connectivity index (χ1) is 11.2. The lowest BCUT2D eigenvalue weighted by molar-refractivity contribution is -0.177. The lowest BCUT2D eigenvalue weighted by Gasteiger charge is -2.17. The third-order valence-corrected chi connectivity index (χ3v) is 3.57. The van der Waals surface area contributed by atoms with E-state index in [1.54, 1.807) is 0 Å². The summed E-state index contributed by atoms with van der Waals surface area (Å²) in [4.78, 5) is 11.2. The van der Waals surface area contributed by atoms with Gasteiger partial charge in [0.2, 0.25) is 6.29 Å². The van der Waals surface area contributed by atoms with Gasteiger partial charge >= 0.3 is 5.97 Å². The number of ether oxygens (including phenoxy) is 2. The SMILES string of the molecule is CC(=O)OC(CCc1ccccc1)OCCCc1ccccc1. The Balaban J connectivity index is 1.73. The van der Waals surface area contributed by atoms with E-state index in [1.165, 1.54) is 18.1 Å². The molecule has 0 N–H and O–H groups in total. The fourth-order valence-electron chi connectivity index (χ4n) is 2.43. The summed E-state index contributed by atoms with van der Waals surface area (Å²) >= 11 is 0. The van der Waals surface area contributed by atoms with Crippen LogP contribution in [0.4, 0.5) is 0 Å². The Hall–Kier alpha value is -2.13. The van der Waals surface area contributed by atoms with Crippen LogP contribution in [0.1, 0.15) is 30.9 Å². The molecule has 0 fully saturated rings. The first-order valence-corrected chi connectivity index (χ1v) is 8.11. The molecular formula is C20H24O3. The smallest absolute Gasteiger partial charge is 0.304 e. The molecule has 0 aliphatic heterocycles. The Morgan fingerprint density at radius 2 is 1.48 bits per heavy atom. The standard InChI is InChI=1S/C20H24O3/c1-17(21)23-20(15-14-19-11-6-3-7-12-19)22-16-8-13-18-9-4-2-5-10-18/h2-7,9-12,20H,8,13-16H2,1H3. The Bertz CT molecular complexity index is 566. The largest absolute Gasteiger partial charge is 0.436 e. The molecular weight excluding hydrogens is 288 g/mol. The van der Waals surface area contributed by atoms with Crippen molar-refractivity contribution in [3.05, 3.63) is 71.8 Å². The molecule has 1 unspecified atom stereocenters. The lowest BCUT2D eigenvalue weighted by Crippen LogP contribution is -2.21. The van der Waals surface area contributed by atoms with Gasteiger partial charge in [-0.05, 0) is 30.4 Å². The van der Waals surface area contributed by atoms with Crippen molar-refractivity contribution in [3.8, 4) is 0 Å². The van der Waals surface area contributed by atoms with Crippen molar-refractivity contribution >= 4 is 5.97 Å². The second kappa shape index (κ2) is 9.80. The number of benzene rings is 2. The van der Waals surface area contributed by atoms with Gasteiger partial charge in [-0.15, -0.1) is 0 Å². The van der Waals surface area contributed by atoms with Crippen LogP contribution in [0.2, 0.25) is 0 Å². The number of hydrogen-bond donors (Lipinski definition) is 0. The van der Waals surface area contributed by atoms with Crippen LogP contribution in [-0.2, 0) is 27.1 Å². The lowest BCUT2D eigenvalue weighted by atomic mass is 10.1. The highest BCUT2D eigenvalue weighted by molar-refractivity contribution is 5.66. The van der Waals surface area contributed by atoms with Crippen LogP contribution in [-0.4, -0.2) is 18.9 Å². The van der Waals surface area contributed by atoms with Gasteiger partial charge in [-0.1, -0.05) is 60.7 Å². The van der Waals surface area contributed by atoms with Gasteiger partial charge in [0, 0.05) is 13.3 Å². The molecule has 0 saturated heterocycles. The molecule has 0 heterocycles. The molecule has 0 aliphatic carbocycles. The minimum Gasteiger partial charge on any atom is -0.436 e. The zero-order valence-corrected chi connectivity index (χ0v) is 13.6. The van der Waals surface area contributed by atoms with Crippen LogP contribution in [0.15, 0.2) is 60.7 Å². The number of hydrogen-bond acceptors (Lipinski definition) is 3. The summed E-state index contributed by atoms with van der Waals surface area (Å²) in [6.45, 7) is 2.00. The fourth-order valence-corrected chi connectivity index (χ4v) is 2.43. The van der Waals surface area contributed by atoms with Crippen molar-refractivity contribution in [2.75, 3.05) is 6.61 Å². The molecule has 122 valence electrons. The number of esters is 1. The minimum absolute atomic E-state index is 0.300. The predicted molar refractivity (Wildman–Crippen MR) is 91.0 cm³/mol. The van der Waals surface area contributed by atoms with E-state index in [9.17, 15) is 4.79 Å². The fraction of sp³-hybridized carbons (Fsp3) is 0.350. The summed E-state index contributed by atoms with van der Waals surface area (Å²) in [6, 6.07) is 20.5. The first-order valence-electron chi connectivity index (χ1n) is 8.11. The van der Waals surface area contributed by atoms with Crippen molar-refractivity contribution in [3.63, 3.8) is 0 Å². The molecule has 0 aliphatic rings. The highest BCUT2D eigenvalue weighted by atomic mass is 16.7. The van der Waals surface area contributed by atoms with Gasteiger partial charge in [0.25, 0.3) is 0 Å². The molecule has 0 saturated carbocycles. The number of rotatable bonds is 9. The Morgan fingerprint density at radius 1 is 0.913 bits per heavy atom. The van der Waals surface area contributed by atoms with Crippen molar-refractivity contribution < 1.29 is 14.3 Å². The molecule has 3 nitrogen and oxygen atoms in total. The number of aryl methyl sites for hydroxylation is 2. The van der Waals surface area contributed by atoms with E-state index in [0.29, 0.717) is 13.0 Å². The van der Waals surface area contributed by atoms with Crippen LogP contribution in [0.25, 0.3) is 0 Å². The average Bonchev–Trinajstić information content (AvgIpc) is 2.58. The Morgan fingerprint density at radius 3 is 2.04 bits per heavy atom. The molecule has 0 aromatic heterocycles. The maximum absolute atomic E-state index is 11.2. The highest BCUT2D eigenvalue weighted by Crippen LogP contribution is 2.10. The third-order valence-electron chi connectivity index (χ3n) is 3.57. The Kier molecular flexibility index (Phi) is 7.34. The van der Waals surface area contributed by atoms with Crippen molar-refractivity contribution in [2.24, 2.45) is 0 Å². The normalized spacial score (nSPS) is 11.9. The second-order valence-corrected chi connectivity index (χ2v) is 5.52. The molecule has 23 heavy (non-hydrogen) atoms. The van der Waals surface area contributed by atoms with Gasteiger partial charge in [-0.3, -0.25) is 4.79 Å². The van der Waals surface area contributed by atoms with E-state index in [0.717, 1.165) is 19.3 Å². The summed E-state index contributed by atoms with van der Waals surface area (Å²) in [7, 11) is 0. The zero-order valence-electron chi connectivity index (χ0n) is 13.6. The van der Waals surface area contributed by atoms with Crippen LogP contribution in [0.5, 0.6) is 0 Å². The molecule has 0 spiro atoms. The monoisotopic (exact) mass is 312 g/mol. The van der Waals surface area contributed by atoms with Crippen molar-refractivity contribution in [1.29, 1.82) is 0 Å². The topological polar surface area (TPSA) is 35.5 Å². The number of carbonyl (C=O) groups is 1. The van der Waals surface area contributed by atoms with Gasteiger partial charge in [-0.25, -0.2) is 0 Å². The first kappa shape index (κ1) is 17.2. The quantitative estimate of drug-likeness (QED) is 0.396. The van der Waals surface area contributed by atoms with E-state index in [4.69, 9.17) is 9.47 Å². The van der Waals surface area contributed by atoms with E-state index >= 15 is 0 Å². The van der Waals surface area contributed by atoms with Gasteiger partial charge in [0.15, 0.2) is 0 Å². The maximum Gasteiger partial charge on any atom is 0.304 e. The summed E-state index contributed by atoms with van der Waals surface area (Å²) in [5, 5.41) is 0. The van der Waals surface area contributed by atoms with E-state index < -0.39 is 6.29 Å². The minimum atomic E-state index is -0.469. The molecule has 1 atom stereocenters. The van der Waals surface area contributed by atoms with Gasteiger partial charge < -0.3 is 9.47 Å². The van der Waals surface area contributed by atoms with Crippen LogP contribution in [0, 0.1) is 0 Å². The van der Waals surface area contributed by atoms with Crippen molar-refractivity contribution in [1.82, 2.24) is 0 Å². The number of carbonyl (C=O) groups excluding carboxylic acids is 1. The third kappa shape index (κ3) is 7.11. The zero-order chi connectivity index (χ0) is 16.3. The summed E-state index contributed by atoms with van der Waals surface area (Å²) in [5.41, 5.74) is 2.52. The average molecular weight is 312 g/mol. The summed E-state index contributed by atoms with van der Waals surface area (Å²) in [6.07, 6.45) is 2.91. The predicted octanol–water partition coefficient (Wildman–Crippen LogP) is 4.16. The van der Waals surface area contributed by atoms with E-state index in [1.807, 2.05) is 36.4 Å². The van der Waals surface area contributed by atoms with Crippen LogP contribution < -0.4 is 0 Å². The van der Waals surface area contributed by atoms with Gasteiger partial charge in [0.1, 0.15) is 0 Å². The molecule has 2 rings (SSSR count). The van der Waals surface area contributed by atoms with Crippen LogP contribution in [0.3, 0.4) is 0 Å². The van der Waals surface area contributed by atoms with Crippen molar-refractivity contribution in [2.45, 2.75) is 38.9 Å². The molecule has 2 aromatic carbocycles. The molecule has 2 aromatic rings. The molecule has 0 radical (unpaired) electrons. The summed E-state index contributed by atoms with van der Waals surface area (Å²) in [5.74, 6) is -0.300. The maximum atomic E-state index is 11.2. The molecule has 3 heteroatoms. The van der Waals surface area contributed by atoms with E-state index in [-0.39, 0.29) is 5.97 Å².